The number of benzene rings is 1. The van der Waals surface area contributed by atoms with Gasteiger partial charge >= 0.3 is 0 Å². The van der Waals surface area contributed by atoms with Gasteiger partial charge in [-0.2, -0.15) is 0 Å². The fourth-order valence-electron chi connectivity index (χ4n) is 2.80. The first-order valence-electron chi connectivity index (χ1n) is 7.10. The third-order valence-electron chi connectivity index (χ3n) is 3.78. The summed E-state index contributed by atoms with van der Waals surface area (Å²) in [4.78, 5) is 0. The van der Waals surface area contributed by atoms with E-state index >= 15 is 0 Å². The molecule has 0 saturated heterocycles. The van der Waals surface area contributed by atoms with E-state index in [-0.39, 0.29) is 0 Å². The maximum absolute atomic E-state index is 5.70. The molecule has 0 saturated carbocycles. The van der Waals surface area contributed by atoms with Crippen LogP contribution in [0.5, 0.6) is 0 Å². The molecule has 2 aromatic rings. The number of fused-ring (bicyclic) bond motifs is 1. The highest BCUT2D eigenvalue weighted by Gasteiger charge is 2.17. The van der Waals surface area contributed by atoms with Crippen LogP contribution in [-0.2, 0) is 19.4 Å². The van der Waals surface area contributed by atoms with Crippen LogP contribution in [0.3, 0.4) is 0 Å². The van der Waals surface area contributed by atoms with Crippen LogP contribution in [-0.4, -0.2) is 21.3 Å². The second-order valence-corrected chi connectivity index (χ2v) is 5.10. The Labute approximate surface area is 113 Å². The Hall–Kier alpha value is -1.68. The Morgan fingerprint density at radius 1 is 1.11 bits per heavy atom. The van der Waals surface area contributed by atoms with E-state index in [1.165, 1.54) is 30.4 Å². The summed E-state index contributed by atoms with van der Waals surface area (Å²) in [7, 11) is 0. The van der Waals surface area contributed by atoms with E-state index in [0.29, 0.717) is 6.54 Å². The van der Waals surface area contributed by atoms with E-state index in [4.69, 9.17) is 5.73 Å². The number of hydrogen-bond acceptors (Lipinski definition) is 3. The maximum Gasteiger partial charge on any atom is 0.164 e. The van der Waals surface area contributed by atoms with Crippen molar-refractivity contribution in [3.05, 3.63) is 35.7 Å². The molecule has 2 heterocycles. The largest absolute Gasteiger partial charge is 0.330 e. The van der Waals surface area contributed by atoms with Crippen molar-refractivity contribution in [3.8, 4) is 11.4 Å². The second kappa shape index (κ2) is 5.53. The van der Waals surface area contributed by atoms with E-state index in [1.54, 1.807) is 0 Å². The fraction of sp³-hybridized carbons (Fsp3) is 0.467. The van der Waals surface area contributed by atoms with Crippen molar-refractivity contribution in [1.82, 2.24) is 14.8 Å². The van der Waals surface area contributed by atoms with E-state index in [0.717, 1.165) is 31.0 Å². The molecule has 1 aliphatic heterocycles. The number of rotatable bonds is 3. The number of nitrogens with two attached hydrogens (primary N) is 1. The minimum absolute atomic E-state index is 0.665. The molecule has 0 fully saturated rings. The lowest BCUT2D eigenvalue weighted by molar-refractivity contribution is 0.636. The number of nitrogens with zero attached hydrogens (tertiary/aromatic N) is 3. The minimum atomic E-state index is 0.665. The van der Waals surface area contributed by atoms with Crippen molar-refractivity contribution in [1.29, 1.82) is 0 Å². The highest BCUT2D eigenvalue weighted by Crippen LogP contribution is 2.25. The molecule has 2 N–H and O–H groups in total. The number of aryl methyl sites for hydroxylation is 1. The van der Waals surface area contributed by atoms with Crippen LogP contribution in [0.1, 0.15) is 30.7 Å². The zero-order chi connectivity index (χ0) is 13.1. The predicted octanol–water partition coefficient (Wildman–Crippen LogP) is 2.17. The van der Waals surface area contributed by atoms with Gasteiger partial charge in [-0.1, -0.05) is 30.7 Å². The first-order chi connectivity index (χ1) is 9.40. The van der Waals surface area contributed by atoms with Crippen LogP contribution in [0, 0.1) is 0 Å². The van der Waals surface area contributed by atoms with Crippen LogP contribution < -0.4 is 5.73 Å². The molecule has 0 atom stereocenters. The number of hydrogen-bond donors (Lipinski definition) is 1. The van der Waals surface area contributed by atoms with Crippen molar-refractivity contribution in [2.75, 3.05) is 6.54 Å². The van der Waals surface area contributed by atoms with Crippen LogP contribution in [0.25, 0.3) is 11.4 Å². The Bertz CT molecular complexity index is 559. The SMILES string of the molecule is NCCc1ccccc1-c1nnc2n1CCCCC2. The van der Waals surface area contributed by atoms with Crippen molar-refractivity contribution >= 4 is 0 Å². The van der Waals surface area contributed by atoms with Crippen LogP contribution >= 0.6 is 0 Å². The van der Waals surface area contributed by atoms with Crippen molar-refractivity contribution in [3.63, 3.8) is 0 Å². The van der Waals surface area contributed by atoms with Gasteiger partial charge in [0, 0.05) is 18.5 Å². The zero-order valence-electron chi connectivity index (χ0n) is 11.2. The molecule has 0 unspecified atom stereocenters. The Morgan fingerprint density at radius 3 is 2.89 bits per heavy atom. The molecule has 4 heteroatoms. The molecule has 100 valence electrons. The molecule has 0 bridgehead atoms. The van der Waals surface area contributed by atoms with Crippen LogP contribution in [0.2, 0.25) is 0 Å². The molecule has 19 heavy (non-hydrogen) atoms. The van der Waals surface area contributed by atoms with Gasteiger partial charge in [-0.3, -0.25) is 0 Å². The van der Waals surface area contributed by atoms with Crippen molar-refractivity contribution < 1.29 is 0 Å². The Balaban J connectivity index is 2.05. The monoisotopic (exact) mass is 256 g/mol. The van der Waals surface area contributed by atoms with Crippen LogP contribution in [0.15, 0.2) is 24.3 Å². The molecule has 1 aliphatic rings. The molecule has 0 aliphatic carbocycles. The molecule has 1 aromatic carbocycles. The standard InChI is InChI=1S/C15H20N4/c16-10-9-12-6-3-4-7-13(12)15-18-17-14-8-2-1-5-11-19(14)15/h3-4,6-7H,1-2,5,8-11,16H2. The topological polar surface area (TPSA) is 56.7 Å². The third-order valence-corrected chi connectivity index (χ3v) is 3.78. The Kier molecular flexibility index (Phi) is 3.60. The summed E-state index contributed by atoms with van der Waals surface area (Å²) in [6, 6.07) is 8.40. The average Bonchev–Trinajstić information content (AvgIpc) is 2.68. The van der Waals surface area contributed by atoms with Crippen LogP contribution in [0.4, 0.5) is 0 Å². The van der Waals surface area contributed by atoms with Gasteiger partial charge in [-0.15, -0.1) is 10.2 Å². The summed E-state index contributed by atoms with van der Waals surface area (Å²) in [5.74, 6) is 2.15. The molecule has 0 radical (unpaired) electrons. The van der Waals surface area contributed by atoms with E-state index in [9.17, 15) is 0 Å². The van der Waals surface area contributed by atoms with E-state index in [1.807, 2.05) is 0 Å². The van der Waals surface area contributed by atoms with Crippen molar-refractivity contribution in [2.45, 2.75) is 38.6 Å². The molecule has 0 amide bonds. The molecule has 1 aromatic heterocycles. The molecular weight excluding hydrogens is 236 g/mol. The zero-order valence-corrected chi connectivity index (χ0v) is 11.2. The van der Waals surface area contributed by atoms with Gasteiger partial charge in [0.1, 0.15) is 5.82 Å². The van der Waals surface area contributed by atoms with Gasteiger partial charge in [0.2, 0.25) is 0 Å². The maximum atomic E-state index is 5.70. The molecule has 0 spiro atoms. The molecular formula is C15H20N4. The molecule has 3 rings (SSSR count). The lowest BCUT2D eigenvalue weighted by Gasteiger charge is -2.10. The molecule has 4 nitrogen and oxygen atoms in total. The number of aromatic nitrogens is 3. The Morgan fingerprint density at radius 2 is 2.00 bits per heavy atom. The first-order valence-corrected chi connectivity index (χ1v) is 7.10. The summed E-state index contributed by atoms with van der Waals surface area (Å²) in [6.07, 6.45) is 5.66. The third kappa shape index (κ3) is 2.40. The average molecular weight is 256 g/mol. The fourth-order valence-corrected chi connectivity index (χ4v) is 2.80. The highest BCUT2D eigenvalue weighted by atomic mass is 15.3. The second-order valence-electron chi connectivity index (χ2n) is 5.10. The van der Waals surface area contributed by atoms with Gasteiger partial charge in [-0.25, -0.2) is 0 Å². The normalized spacial score (nSPS) is 15.0. The van der Waals surface area contributed by atoms with E-state index < -0.39 is 0 Å². The van der Waals surface area contributed by atoms with Gasteiger partial charge in [0.05, 0.1) is 0 Å². The minimum Gasteiger partial charge on any atom is -0.330 e. The lowest BCUT2D eigenvalue weighted by Crippen LogP contribution is -2.07. The van der Waals surface area contributed by atoms with Gasteiger partial charge in [0.25, 0.3) is 0 Å². The first kappa shape index (κ1) is 12.4. The van der Waals surface area contributed by atoms with Gasteiger partial charge in [-0.05, 0) is 31.4 Å². The predicted molar refractivity (Wildman–Crippen MR) is 75.8 cm³/mol. The van der Waals surface area contributed by atoms with Gasteiger partial charge < -0.3 is 10.3 Å². The van der Waals surface area contributed by atoms with Crippen molar-refractivity contribution in [2.24, 2.45) is 5.73 Å². The summed E-state index contributed by atoms with van der Waals surface area (Å²) in [5, 5.41) is 8.80. The lowest BCUT2D eigenvalue weighted by atomic mass is 10.0. The summed E-state index contributed by atoms with van der Waals surface area (Å²) in [5.41, 5.74) is 8.16. The van der Waals surface area contributed by atoms with Gasteiger partial charge in [0.15, 0.2) is 5.82 Å². The summed E-state index contributed by atoms with van der Waals surface area (Å²) >= 11 is 0. The summed E-state index contributed by atoms with van der Waals surface area (Å²) in [6.45, 7) is 1.70. The quantitative estimate of drug-likeness (QED) is 0.915. The summed E-state index contributed by atoms with van der Waals surface area (Å²) < 4.78 is 2.29. The van der Waals surface area contributed by atoms with E-state index in [2.05, 4.69) is 39.0 Å². The smallest absolute Gasteiger partial charge is 0.164 e. The highest BCUT2D eigenvalue weighted by molar-refractivity contribution is 5.60.